The number of aliphatic carboxylic acids is 1. The number of alkyl halides is 3. The van der Waals surface area contributed by atoms with Crippen LogP contribution in [0.5, 0.6) is 5.75 Å². The van der Waals surface area contributed by atoms with Crippen LogP contribution in [0.15, 0.2) is 18.2 Å². The van der Waals surface area contributed by atoms with Crippen LogP contribution in [0.2, 0.25) is 0 Å². The Morgan fingerprint density at radius 3 is 2.53 bits per heavy atom. The second kappa shape index (κ2) is 5.08. The van der Waals surface area contributed by atoms with Crippen LogP contribution in [0.4, 0.5) is 13.2 Å². The molecular weight excluding hydrogens is 354 g/mol. The first-order valence-electron chi connectivity index (χ1n) is 4.24. The molecule has 0 aliphatic carbocycles. The van der Waals surface area contributed by atoms with Gasteiger partial charge in [-0.15, -0.1) is 13.2 Å². The Morgan fingerprint density at radius 2 is 2.06 bits per heavy atom. The van der Waals surface area contributed by atoms with E-state index in [0.29, 0.717) is 3.57 Å². The van der Waals surface area contributed by atoms with Crippen molar-refractivity contribution < 1.29 is 27.8 Å². The van der Waals surface area contributed by atoms with Crippen LogP contribution in [0.3, 0.4) is 0 Å². The Kier molecular flexibility index (Phi) is 4.20. The van der Waals surface area contributed by atoms with Crippen molar-refractivity contribution in [1.82, 2.24) is 0 Å². The van der Waals surface area contributed by atoms with E-state index >= 15 is 0 Å². The van der Waals surface area contributed by atoms with E-state index in [9.17, 15) is 18.0 Å². The number of carboxylic acid groups (broad SMARTS) is 1. The minimum atomic E-state index is -4.82. The van der Waals surface area contributed by atoms with Crippen molar-refractivity contribution in [3.05, 3.63) is 27.3 Å². The Morgan fingerprint density at radius 1 is 1.47 bits per heavy atom. The highest BCUT2D eigenvalue weighted by Crippen LogP contribution is 2.28. The summed E-state index contributed by atoms with van der Waals surface area (Å²) < 4.78 is 40.0. The fourth-order valence-electron chi connectivity index (χ4n) is 1.09. The van der Waals surface area contributed by atoms with Crippen molar-refractivity contribution in [1.29, 1.82) is 0 Å². The van der Waals surface area contributed by atoms with Crippen molar-refractivity contribution >= 4 is 28.6 Å². The highest BCUT2D eigenvalue weighted by atomic mass is 127. The summed E-state index contributed by atoms with van der Waals surface area (Å²) >= 11 is 1.78. The molecular formula is C9H7F3INO3. The quantitative estimate of drug-likeness (QED) is 0.811. The molecule has 1 rings (SSSR count). The number of rotatable bonds is 3. The van der Waals surface area contributed by atoms with Gasteiger partial charge >= 0.3 is 12.3 Å². The maximum Gasteiger partial charge on any atom is 0.573 e. The van der Waals surface area contributed by atoms with Crippen molar-refractivity contribution in [3.63, 3.8) is 0 Å². The minimum Gasteiger partial charge on any atom is -0.480 e. The van der Waals surface area contributed by atoms with Gasteiger partial charge in [-0.25, -0.2) is 0 Å². The average molecular weight is 361 g/mol. The number of nitrogens with two attached hydrogens (primary N) is 1. The highest BCUT2D eigenvalue weighted by Gasteiger charge is 2.31. The van der Waals surface area contributed by atoms with Gasteiger partial charge in [-0.2, -0.15) is 0 Å². The van der Waals surface area contributed by atoms with Gasteiger partial charge in [0.25, 0.3) is 0 Å². The van der Waals surface area contributed by atoms with E-state index in [0.717, 1.165) is 12.1 Å². The predicted molar refractivity (Wildman–Crippen MR) is 60.4 cm³/mol. The lowest BCUT2D eigenvalue weighted by atomic mass is 10.1. The second-order valence-corrected chi connectivity index (χ2v) is 4.21. The number of carboxylic acids is 1. The molecule has 0 heterocycles. The molecule has 0 aromatic heterocycles. The number of benzene rings is 1. The summed E-state index contributed by atoms with van der Waals surface area (Å²) in [5.41, 5.74) is 5.40. The zero-order valence-electron chi connectivity index (χ0n) is 8.16. The molecule has 1 atom stereocenters. The van der Waals surface area contributed by atoms with E-state index in [-0.39, 0.29) is 5.56 Å². The molecule has 0 bridgehead atoms. The third-order valence-corrected chi connectivity index (χ3v) is 2.78. The van der Waals surface area contributed by atoms with Gasteiger partial charge in [0.15, 0.2) is 0 Å². The van der Waals surface area contributed by atoms with Gasteiger partial charge in [0.1, 0.15) is 11.8 Å². The largest absolute Gasteiger partial charge is 0.573 e. The summed E-state index contributed by atoms with van der Waals surface area (Å²) in [4.78, 5) is 10.7. The van der Waals surface area contributed by atoms with E-state index < -0.39 is 24.1 Å². The van der Waals surface area contributed by atoms with E-state index in [1.54, 1.807) is 22.6 Å². The Bertz CT molecular complexity index is 436. The van der Waals surface area contributed by atoms with Crippen LogP contribution in [0.25, 0.3) is 0 Å². The maximum atomic E-state index is 12.0. The van der Waals surface area contributed by atoms with Gasteiger partial charge in [0.05, 0.1) is 0 Å². The van der Waals surface area contributed by atoms with Crippen LogP contribution in [0.1, 0.15) is 11.6 Å². The van der Waals surface area contributed by atoms with Crippen molar-refractivity contribution in [2.75, 3.05) is 0 Å². The zero-order chi connectivity index (χ0) is 13.2. The zero-order valence-corrected chi connectivity index (χ0v) is 10.3. The van der Waals surface area contributed by atoms with E-state index in [1.165, 1.54) is 6.07 Å². The first-order chi connectivity index (χ1) is 7.70. The summed E-state index contributed by atoms with van der Waals surface area (Å²) in [6.45, 7) is 0. The van der Waals surface area contributed by atoms with Crippen LogP contribution in [-0.2, 0) is 4.79 Å². The molecule has 0 saturated carbocycles. The monoisotopic (exact) mass is 361 g/mol. The number of carbonyl (C=O) groups is 1. The molecule has 1 aromatic carbocycles. The van der Waals surface area contributed by atoms with Crippen LogP contribution in [0, 0.1) is 3.57 Å². The first-order valence-corrected chi connectivity index (χ1v) is 5.32. The molecule has 17 heavy (non-hydrogen) atoms. The molecule has 3 N–H and O–H groups in total. The van der Waals surface area contributed by atoms with Crippen LogP contribution >= 0.6 is 22.6 Å². The third kappa shape index (κ3) is 4.04. The average Bonchev–Trinajstić information content (AvgIpc) is 2.17. The lowest BCUT2D eigenvalue weighted by molar-refractivity contribution is -0.274. The summed E-state index contributed by atoms with van der Waals surface area (Å²) in [6.07, 6.45) is -4.82. The summed E-state index contributed by atoms with van der Waals surface area (Å²) in [6, 6.07) is 1.97. The molecule has 8 heteroatoms. The Balaban J connectivity index is 3.06. The minimum absolute atomic E-state index is 0.0693. The van der Waals surface area contributed by atoms with Crippen molar-refractivity contribution in [2.24, 2.45) is 5.73 Å². The third-order valence-electron chi connectivity index (χ3n) is 1.80. The maximum absolute atomic E-state index is 12.0. The number of halogens is 4. The molecule has 0 unspecified atom stereocenters. The van der Waals surface area contributed by atoms with Gasteiger partial charge in [-0.1, -0.05) is 0 Å². The standard InChI is InChI=1S/C9H7F3INO3/c10-9(11,12)17-4-1-2-6(13)5(3-4)7(14)8(15)16/h1-3,7H,14H2,(H,15,16)/t7-/m0/s1. The summed E-state index contributed by atoms with van der Waals surface area (Å²) in [7, 11) is 0. The van der Waals surface area contributed by atoms with E-state index in [4.69, 9.17) is 10.8 Å². The number of hydrogen-bond donors (Lipinski definition) is 2. The van der Waals surface area contributed by atoms with Crippen LogP contribution < -0.4 is 10.5 Å². The van der Waals surface area contributed by atoms with Crippen molar-refractivity contribution in [3.8, 4) is 5.75 Å². The molecule has 0 saturated heterocycles. The molecule has 0 amide bonds. The van der Waals surface area contributed by atoms with Gasteiger partial charge in [0, 0.05) is 3.57 Å². The molecule has 4 nitrogen and oxygen atoms in total. The highest BCUT2D eigenvalue weighted by molar-refractivity contribution is 14.1. The smallest absolute Gasteiger partial charge is 0.480 e. The van der Waals surface area contributed by atoms with Crippen molar-refractivity contribution in [2.45, 2.75) is 12.4 Å². The van der Waals surface area contributed by atoms with Gasteiger partial charge in [-0.3, -0.25) is 4.79 Å². The SMILES string of the molecule is N[C@H](C(=O)O)c1cc(OC(F)(F)F)ccc1I. The van der Waals surface area contributed by atoms with Gasteiger partial charge in [0.2, 0.25) is 0 Å². The van der Waals surface area contributed by atoms with Gasteiger partial charge < -0.3 is 15.6 Å². The number of ether oxygens (including phenoxy) is 1. The topological polar surface area (TPSA) is 72.6 Å². The fourth-order valence-corrected chi connectivity index (χ4v) is 1.76. The summed E-state index contributed by atoms with van der Waals surface area (Å²) in [5.74, 6) is -1.82. The molecule has 0 fully saturated rings. The van der Waals surface area contributed by atoms with E-state index in [2.05, 4.69) is 4.74 Å². The number of hydrogen-bond acceptors (Lipinski definition) is 3. The van der Waals surface area contributed by atoms with E-state index in [1.807, 2.05) is 0 Å². The van der Waals surface area contributed by atoms with Gasteiger partial charge in [-0.05, 0) is 46.4 Å². The molecule has 94 valence electrons. The molecule has 0 radical (unpaired) electrons. The lowest BCUT2D eigenvalue weighted by Crippen LogP contribution is -2.22. The molecule has 0 spiro atoms. The Labute approximate surface area is 108 Å². The lowest BCUT2D eigenvalue weighted by Gasteiger charge is -2.13. The fraction of sp³-hybridized carbons (Fsp3) is 0.222. The molecule has 0 aliphatic heterocycles. The predicted octanol–water partition coefficient (Wildman–Crippen LogP) is 2.27. The normalized spacial score (nSPS) is 13.2. The Hall–Kier alpha value is -1.03. The second-order valence-electron chi connectivity index (χ2n) is 3.05. The molecule has 0 aliphatic rings. The van der Waals surface area contributed by atoms with Crippen LogP contribution in [-0.4, -0.2) is 17.4 Å². The molecule has 1 aromatic rings. The first kappa shape index (κ1) is 14.0. The summed E-state index contributed by atoms with van der Waals surface area (Å²) in [5, 5.41) is 8.69.